The van der Waals surface area contributed by atoms with Gasteiger partial charge in [0, 0.05) is 12.4 Å². The molecule has 0 amide bonds. The van der Waals surface area contributed by atoms with Gasteiger partial charge in [0.2, 0.25) is 0 Å². The van der Waals surface area contributed by atoms with Gasteiger partial charge >= 0.3 is 0 Å². The highest BCUT2D eigenvalue weighted by Gasteiger charge is 2.14. The van der Waals surface area contributed by atoms with Crippen LogP contribution < -0.4 is 5.73 Å². The van der Waals surface area contributed by atoms with Gasteiger partial charge in [-0.2, -0.15) is 5.26 Å². The van der Waals surface area contributed by atoms with Crippen LogP contribution in [0.15, 0.2) is 12.4 Å². The first-order valence-electron chi connectivity index (χ1n) is 5.88. The maximum Gasteiger partial charge on any atom is 0.103 e. The number of hydrogen-bond acceptors (Lipinski definition) is 3. The fourth-order valence-corrected chi connectivity index (χ4v) is 1.93. The van der Waals surface area contributed by atoms with E-state index in [2.05, 4.69) is 24.9 Å². The van der Waals surface area contributed by atoms with Crippen molar-refractivity contribution in [1.29, 1.82) is 5.26 Å². The lowest BCUT2D eigenvalue weighted by molar-refractivity contribution is 0.569. The van der Waals surface area contributed by atoms with Crippen molar-refractivity contribution >= 4 is 5.69 Å². The van der Waals surface area contributed by atoms with E-state index in [4.69, 9.17) is 11.0 Å². The van der Waals surface area contributed by atoms with E-state index in [-0.39, 0.29) is 0 Å². The Balaban J connectivity index is 2.97. The zero-order chi connectivity index (χ0) is 12.0. The fraction of sp³-hybridized carbons (Fsp3) is 0.538. The molecule has 3 heteroatoms. The molecule has 1 heterocycles. The van der Waals surface area contributed by atoms with Crippen LogP contribution in [0.25, 0.3) is 0 Å². The van der Waals surface area contributed by atoms with Gasteiger partial charge in [0.05, 0.1) is 11.3 Å². The quantitative estimate of drug-likeness (QED) is 0.823. The molecule has 16 heavy (non-hydrogen) atoms. The molecule has 3 nitrogen and oxygen atoms in total. The largest absolute Gasteiger partial charge is 0.397 e. The van der Waals surface area contributed by atoms with Crippen molar-refractivity contribution in [3.05, 3.63) is 23.5 Å². The van der Waals surface area contributed by atoms with E-state index in [1.807, 2.05) is 0 Å². The van der Waals surface area contributed by atoms with Gasteiger partial charge in [-0.15, -0.1) is 0 Å². The first-order valence-corrected chi connectivity index (χ1v) is 5.88. The van der Waals surface area contributed by atoms with Crippen LogP contribution in [0.1, 0.15) is 56.6 Å². The smallest absolute Gasteiger partial charge is 0.103 e. The molecule has 1 rings (SSSR count). The van der Waals surface area contributed by atoms with Gasteiger partial charge in [-0.05, 0) is 24.3 Å². The second kappa shape index (κ2) is 6.12. The van der Waals surface area contributed by atoms with E-state index in [1.165, 1.54) is 19.0 Å². The van der Waals surface area contributed by atoms with Crippen LogP contribution in [0.5, 0.6) is 0 Å². The second-order valence-electron chi connectivity index (χ2n) is 4.05. The van der Waals surface area contributed by atoms with Crippen molar-refractivity contribution < 1.29 is 0 Å². The average molecular weight is 217 g/mol. The summed E-state index contributed by atoms with van der Waals surface area (Å²) in [6.07, 6.45) is 7.87. The van der Waals surface area contributed by atoms with Crippen molar-refractivity contribution in [1.82, 2.24) is 4.98 Å². The molecule has 1 atom stereocenters. The van der Waals surface area contributed by atoms with Crippen molar-refractivity contribution in [3.8, 4) is 6.07 Å². The van der Waals surface area contributed by atoms with Crippen LogP contribution in [-0.4, -0.2) is 4.98 Å². The number of nitrogen functional groups attached to an aromatic ring is 1. The molecule has 86 valence electrons. The summed E-state index contributed by atoms with van der Waals surface area (Å²) in [5.74, 6) is 0.431. The lowest BCUT2D eigenvalue weighted by atomic mass is 9.90. The fourth-order valence-electron chi connectivity index (χ4n) is 1.93. The number of aromatic nitrogens is 1. The van der Waals surface area contributed by atoms with Crippen LogP contribution >= 0.6 is 0 Å². The highest BCUT2D eigenvalue weighted by atomic mass is 14.7. The summed E-state index contributed by atoms with van der Waals surface area (Å²) in [7, 11) is 0. The number of pyridine rings is 1. The number of rotatable bonds is 5. The summed E-state index contributed by atoms with van der Waals surface area (Å²) in [5, 5.41) is 8.90. The maximum absolute atomic E-state index is 8.90. The number of nitriles is 1. The first-order chi connectivity index (χ1) is 7.74. The topological polar surface area (TPSA) is 62.7 Å². The molecule has 0 aromatic carbocycles. The number of hydrogen-bond donors (Lipinski definition) is 1. The van der Waals surface area contributed by atoms with Crippen LogP contribution in [0, 0.1) is 11.3 Å². The third-order valence-electron chi connectivity index (χ3n) is 2.98. The maximum atomic E-state index is 8.90. The van der Waals surface area contributed by atoms with Crippen molar-refractivity contribution in [2.75, 3.05) is 5.73 Å². The molecule has 0 fully saturated rings. The van der Waals surface area contributed by atoms with E-state index in [0.717, 1.165) is 18.4 Å². The molecule has 1 aromatic heterocycles. The molecule has 1 aromatic rings. The zero-order valence-electron chi connectivity index (χ0n) is 10.0. The van der Waals surface area contributed by atoms with E-state index < -0.39 is 0 Å². The lowest BCUT2D eigenvalue weighted by Gasteiger charge is -2.17. The molecular formula is C13H19N3. The number of unbranched alkanes of at least 4 members (excludes halogenated alkanes) is 1. The van der Waals surface area contributed by atoms with E-state index in [0.29, 0.717) is 17.2 Å². The molecular weight excluding hydrogens is 198 g/mol. The Morgan fingerprint density at radius 2 is 2.19 bits per heavy atom. The predicted octanol–water partition coefficient (Wildman–Crippen LogP) is 3.22. The van der Waals surface area contributed by atoms with Gasteiger partial charge < -0.3 is 5.73 Å². The van der Waals surface area contributed by atoms with Crippen LogP contribution in [0.3, 0.4) is 0 Å². The molecule has 0 spiro atoms. The molecule has 0 saturated heterocycles. The van der Waals surface area contributed by atoms with Crippen molar-refractivity contribution in [2.24, 2.45) is 0 Å². The SMILES string of the molecule is CCCCC(CC)c1cncc(C#N)c1N. The van der Waals surface area contributed by atoms with Crippen molar-refractivity contribution in [3.63, 3.8) is 0 Å². The summed E-state index contributed by atoms with van der Waals surface area (Å²) in [5.41, 5.74) is 8.12. The molecule has 2 N–H and O–H groups in total. The van der Waals surface area contributed by atoms with Crippen LogP contribution in [-0.2, 0) is 0 Å². The minimum Gasteiger partial charge on any atom is -0.397 e. The normalized spacial score (nSPS) is 12.1. The van der Waals surface area contributed by atoms with Gasteiger partial charge in [0.1, 0.15) is 6.07 Å². The standard InChI is InChI=1S/C13H19N3/c1-3-5-6-10(4-2)12-9-16-8-11(7-14)13(12)15/h8-10H,3-6H2,1-2H3,(H2,15,16). The average Bonchev–Trinajstić information content (AvgIpc) is 2.32. The monoisotopic (exact) mass is 217 g/mol. The minimum atomic E-state index is 0.431. The Morgan fingerprint density at radius 3 is 2.75 bits per heavy atom. The number of anilines is 1. The predicted molar refractivity (Wildman–Crippen MR) is 65.9 cm³/mol. The second-order valence-corrected chi connectivity index (χ2v) is 4.05. The molecule has 0 aliphatic rings. The summed E-state index contributed by atoms with van der Waals surface area (Å²) < 4.78 is 0. The molecule has 0 saturated carbocycles. The Hall–Kier alpha value is -1.56. The molecule has 0 radical (unpaired) electrons. The molecule has 1 unspecified atom stereocenters. The minimum absolute atomic E-state index is 0.431. The highest BCUT2D eigenvalue weighted by molar-refractivity contribution is 5.58. The van der Waals surface area contributed by atoms with Crippen LogP contribution in [0.2, 0.25) is 0 Å². The van der Waals surface area contributed by atoms with Gasteiger partial charge in [-0.25, -0.2) is 0 Å². The van der Waals surface area contributed by atoms with Gasteiger partial charge in [-0.3, -0.25) is 4.98 Å². The van der Waals surface area contributed by atoms with Crippen molar-refractivity contribution in [2.45, 2.75) is 45.4 Å². The number of nitrogens with zero attached hydrogens (tertiary/aromatic N) is 2. The summed E-state index contributed by atoms with van der Waals surface area (Å²) in [6.45, 7) is 4.33. The Kier molecular flexibility index (Phi) is 4.78. The number of nitrogens with two attached hydrogens (primary N) is 1. The third kappa shape index (κ3) is 2.73. The zero-order valence-corrected chi connectivity index (χ0v) is 10.0. The first kappa shape index (κ1) is 12.5. The molecule has 0 aliphatic heterocycles. The van der Waals surface area contributed by atoms with Gasteiger partial charge in [0.25, 0.3) is 0 Å². The summed E-state index contributed by atoms with van der Waals surface area (Å²) >= 11 is 0. The summed E-state index contributed by atoms with van der Waals surface area (Å²) in [4.78, 5) is 4.09. The van der Waals surface area contributed by atoms with E-state index in [9.17, 15) is 0 Å². The Morgan fingerprint density at radius 1 is 1.44 bits per heavy atom. The van der Waals surface area contributed by atoms with E-state index in [1.54, 1.807) is 6.20 Å². The molecule has 0 aliphatic carbocycles. The van der Waals surface area contributed by atoms with Crippen LogP contribution in [0.4, 0.5) is 5.69 Å². The Labute approximate surface area is 97.3 Å². The lowest BCUT2D eigenvalue weighted by Crippen LogP contribution is -2.05. The Bertz CT molecular complexity index is 379. The van der Waals surface area contributed by atoms with E-state index >= 15 is 0 Å². The summed E-state index contributed by atoms with van der Waals surface area (Å²) in [6, 6.07) is 2.08. The van der Waals surface area contributed by atoms with Gasteiger partial charge in [0.15, 0.2) is 0 Å². The third-order valence-corrected chi connectivity index (χ3v) is 2.98. The highest BCUT2D eigenvalue weighted by Crippen LogP contribution is 2.30. The molecule has 0 bridgehead atoms. The van der Waals surface area contributed by atoms with Gasteiger partial charge in [-0.1, -0.05) is 26.7 Å².